The van der Waals surface area contributed by atoms with E-state index in [1.807, 2.05) is 9.47 Å². The number of aromatic nitrogens is 2. The molecule has 1 amide bonds. The summed E-state index contributed by atoms with van der Waals surface area (Å²) in [5.74, 6) is -3.14. The molecule has 1 saturated heterocycles. The third kappa shape index (κ3) is 5.59. The monoisotopic (exact) mass is 674 g/mol. The summed E-state index contributed by atoms with van der Waals surface area (Å²) < 4.78 is 47.0. The summed E-state index contributed by atoms with van der Waals surface area (Å²) in [5, 5.41) is 12.8. The number of halogens is 3. The predicted molar refractivity (Wildman–Crippen MR) is 168 cm³/mol. The lowest BCUT2D eigenvalue weighted by Crippen LogP contribution is -2.56. The van der Waals surface area contributed by atoms with Crippen LogP contribution in [0.3, 0.4) is 0 Å². The molecular formula is C31H29Cl2FN4O6S. The number of hydrogen-bond donors (Lipinski definition) is 2. The second-order valence-electron chi connectivity index (χ2n) is 11.5. The van der Waals surface area contributed by atoms with E-state index in [2.05, 4.69) is 5.32 Å². The molecule has 0 aliphatic carbocycles. The van der Waals surface area contributed by atoms with Gasteiger partial charge in [0.15, 0.2) is 0 Å². The number of carboxylic acid groups (broad SMARTS) is 1. The smallest absolute Gasteiger partial charge is 0.335 e. The number of carboxylic acids is 1. The predicted octanol–water partition coefficient (Wildman–Crippen LogP) is 5.51. The van der Waals surface area contributed by atoms with E-state index < -0.39 is 51.2 Å². The van der Waals surface area contributed by atoms with E-state index in [0.717, 1.165) is 6.26 Å². The molecule has 6 rings (SSSR count). The standard InChI is InChI=1S/C31H29Cl2FN4O6S/c1-31(30(41)35-19-6-3-5-18(32)16-19)26(20-7-4-8-21(33)27(20)34)25-24(38(31)13-14-44-45(2,42)43)11-12-37-23-10-9-17(29(39)40)15-22(23)36-28(25)37/h3-10,15-16,24-26H,11-14H2,1-2H3,(H,35,41)(H,39,40)/t24-,25+,26-,31+/m0/s1. The molecule has 45 heavy (non-hydrogen) atoms. The lowest BCUT2D eigenvalue weighted by Gasteiger charge is -2.40. The largest absolute Gasteiger partial charge is 0.478 e. The minimum Gasteiger partial charge on any atom is -0.478 e. The van der Waals surface area contributed by atoms with E-state index in [-0.39, 0.29) is 29.3 Å². The first-order valence-electron chi connectivity index (χ1n) is 14.1. The number of rotatable bonds is 8. The Kier molecular flexibility index (Phi) is 8.15. The van der Waals surface area contributed by atoms with Gasteiger partial charge in [-0.05, 0) is 61.4 Å². The molecule has 2 aliphatic heterocycles. The van der Waals surface area contributed by atoms with E-state index in [4.69, 9.17) is 32.4 Å². The van der Waals surface area contributed by atoms with E-state index in [1.54, 1.807) is 49.4 Å². The van der Waals surface area contributed by atoms with Crippen molar-refractivity contribution < 1.29 is 31.7 Å². The molecule has 1 fully saturated rings. The van der Waals surface area contributed by atoms with Gasteiger partial charge in [-0.15, -0.1) is 0 Å². The molecule has 236 valence electrons. The summed E-state index contributed by atoms with van der Waals surface area (Å²) in [5.41, 5.74) is 0.379. The Morgan fingerprint density at radius 1 is 1.16 bits per heavy atom. The van der Waals surface area contributed by atoms with Crippen molar-refractivity contribution in [3.63, 3.8) is 0 Å². The van der Waals surface area contributed by atoms with Crippen LogP contribution in [0.5, 0.6) is 0 Å². The summed E-state index contributed by atoms with van der Waals surface area (Å²) in [6, 6.07) is 15.6. The van der Waals surface area contributed by atoms with Crippen LogP contribution < -0.4 is 5.32 Å². The van der Waals surface area contributed by atoms with Gasteiger partial charge in [-0.1, -0.05) is 41.4 Å². The van der Waals surface area contributed by atoms with Crippen LogP contribution >= 0.6 is 23.2 Å². The van der Waals surface area contributed by atoms with E-state index in [9.17, 15) is 23.1 Å². The molecular weight excluding hydrogens is 646 g/mol. The second kappa shape index (κ2) is 11.7. The molecule has 3 heterocycles. The number of benzene rings is 3. The Balaban J connectivity index is 1.56. The lowest BCUT2D eigenvalue weighted by atomic mass is 9.73. The number of anilines is 1. The molecule has 10 nitrogen and oxygen atoms in total. The number of amides is 1. The molecule has 14 heteroatoms. The van der Waals surface area contributed by atoms with Crippen LogP contribution in [0.25, 0.3) is 11.0 Å². The van der Waals surface area contributed by atoms with Crippen molar-refractivity contribution in [2.24, 2.45) is 0 Å². The molecule has 3 aromatic carbocycles. The highest BCUT2D eigenvalue weighted by Gasteiger charge is 2.63. The first-order chi connectivity index (χ1) is 21.3. The van der Waals surface area contributed by atoms with Crippen LogP contribution in [0, 0.1) is 5.82 Å². The van der Waals surface area contributed by atoms with Crippen LogP contribution in [0.4, 0.5) is 10.1 Å². The number of hydrogen-bond acceptors (Lipinski definition) is 7. The van der Waals surface area contributed by atoms with Crippen molar-refractivity contribution in [2.75, 3.05) is 24.7 Å². The maximum atomic E-state index is 16.1. The Morgan fingerprint density at radius 3 is 2.62 bits per heavy atom. The van der Waals surface area contributed by atoms with E-state index >= 15 is 4.39 Å². The second-order valence-corrected chi connectivity index (χ2v) is 14.0. The highest BCUT2D eigenvalue weighted by Crippen LogP contribution is 2.57. The number of fused-ring (bicyclic) bond motifs is 5. The normalized spacial score (nSPS) is 23.1. The molecule has 0 bridgehead atoms. The number of likely N-dealkylation sites (tertiary alicyclic amines) is 1. The minimum atomic E-state index is -3.79. The van der Waals surface area contributed by atoms with Crippen LogP contribution in [0.15, 0.2) is 60.7 Å². The highest BCUT2D eigenvalue weighted by molar-refractivity contribution is 7.85. The van der Waals surface area contributed by atoms with Crippen molar-refractivity contribution in [3.8, 4) is 0 Å². The first-order valence-corrected chi connectivity index (χ1v) is 16.7. The van der Waals surface area contributed by atoms with Gasteiger partial charge in [-0.25, -0.2) is 14.2 Å². The summed E-state index contributed by atoms with van der Waals surface area (Å²) in [7, 11) is -3.79. The molecule has 1 aromatic heterocycles. The van der Waals surface area contributed by atoms with Crippen molar-refractivity contribution in [1.29, 1.82) is 0 Å². The van der Waals surface area contributed by atoms with Gasteiger partial charge in [0.25, 0.3) is 10.1 Å². The highest BCUT2D eigenvalue weighted by atomic mass is 35.5. The van der Waals surface area contributed by atoms with Gasteiger partial charge in [0, 0.05) is 41.7 Å². The molecule has 0 unspecified atom stereocenters. The Labute approximate surface area is 268 Å². The maximum Gasteiger partial charge on any atom is 0.335 e. The SMILES string of the molecule is C[C@]1(C(=O)Nc2cccc(Cl)c2)[C@@H](c2cccc(Cl)c2F)[C@@H]2c3nc4cc(C(=O)O)ccc4n3CC[C@@H]2N1CCOS(C)(=O)=O. The van der Waals surface area contributed by atoms with E-state index in [1.165, 1.54) is 18.2 Å². The Bertz CT molecular complexity index is 1950. The number of imidazole rings is 1. The number of nitrogens with one attached hydrogen (secondary N) is 1. The first kappa shape index (κ1) is 31.4. The lowest BCUT2D eigenvalue weighted by molar-refractivity contribution is -0.127. The van der Waals surface area contributed by atoms with Gasteiger partial charge in [0.1, 0.15) is 17.2 Å². The molecule has 4 atom stereocenters. The van der Waals surface area contributed by atoms with Gasteiger partial charge in [-0.2, -0.15) is 8.42 Å². The fourth-order valence-electron chi connectivity index (χ4n) is 7.02. The summed E-state index contributed by atoms with van der Waals surface area (Å²) in [6.07, 6.45) is 1.45. The molecule has 2 N–H and O–H groups in total. The quantitative estimate of drug-likeness (QED) is 0.234. The number of carbonyl (C=O) groups excluding carboxylic acids is 1. The zero-order valence-electron chi connectivity index (χ0n) is 24.2. The van der Waals surface area contributed by atoms with Crippen molar-refractivity contribution >= 4 is 61.9 Å². The fraction of sp³-hybridized carbons (Fsp3) is 0.323. The summed E-state index contributed by atoms with van der Waals surface area (Å²) in [6.45, 7) is 1.95. The number of nitrogens with zero attached hydrogens (tertiary/aromatic N) is 3. The van der Waals surface area contributed by atoms with Gasteiger partial charge < -0.3 is 15.0 Å². The Morgan fingerprint density at radius 2 is 1.91 bits per heavy atom. The topological polar surface area (TPSA) is 131 Å². The van der Waals surface area contributed by atoms with Crippen molar-refractivity contribution in [2.45, 2.75) is 43.3 Å². The molecule has 0 radical (unpaired) electrons. The van der Waals surface area contributed by atoms with Crippen LogP contribution in [0.2, 0.25) is 10.0 Å². The number of aryl methyl sites for hydroxylation is 1. The van der Waals surface area contributed by atoms with Gasteiger partial charge in [0.2, 0.25) is 5.91 Å². The zero-order valence-corrected chi connectivity index (χ0v) is 26.5. The van der Waals surface area contributed by atoms with Crippen LogP contribution in [0.1, 0.15) is 46.9 Å². The van der Waals surface area contributed by atoms with Crippen molar-refractivity contribution in [1.82, 2.24) is 14.5 Å². The molecule has 0 saturated carbocycles. The van der Waals surface area contributed by atoms with Crippen LogP contribution in [-0.4, -0.2) is 70.8 Å². The fourth-order valence-corrected chi connectivity index (χ4v) is 7.76. The summed E-state index contributed by atoms with van der Waals surface area (Å²) >= 11 is 12.5. The van der Waals surface area contributed by atoms with Gasteiger partial charge in [-0.3, -0.25) is 13.9 Å². The number of carbonyl (C=O) groups is 2. The average molecular weight is 676 g/mol. The molecule has 2 aliphatic rings. The van der Waals surface area contributed by atoms with Gasteiger partial charge in [0.05, 0.1) is 34.5 Å². The van der Waals surface area contributed by atoms with Crippen LogP contribution in [-0.2, 0) is 25.6 Å². The maximum absolute atomic E-state index is 16.1. The average Bonchev–Trinajstić information content (AvgIpc) is 3.47. The van der Waals surface area contributed by atoms with Crippen molar-refractivity contribution in [3.05, 3.63) is 93.5 Å². The minimum absolute atomic E-state index is 0.0236. The number of aromatic carboxylic acids is 1. The molecule has 4 aromatic rings. The Hall–Kier alpha value is -3.55. The zero-order chi connectivity index (χ0) is 32.3. The molecule has 0 spiro atoms. The summed E-state index contributed by atoms with van der Waals surface area (Å²) in [4.78, 5) is 33.0. The van der Waals surface area contributed by atoms with Gasteiger partial charge >= 0.3 is 5.97 Å². The van der Waals surface area contributed by atoms with E-state index in [0.29, 0.717) is 40.5 Å². The third-order valence-electron chi connectivity index (χ3n) is 8.84. The third-order valence-corrected chi connectivity index (χ3v) is 9.96.